The molecule has 0 unspecified atom stereocenters. The van der Waals surface area contributed by atoms with Gasteiger partial charge in [-0.15, -0.1) is 0 Å². The normalized spacial score (nSPS) is 12.0. The molecule has 0 saturated heterocycles. The van der Waals surface area contributed by atoms with Crippen LogP contribution in [0.15, 0.2) is 88.9 Å². The number of hydrogen-bond acceptors (Lipinski definition) is 4. The number of hydrogen-bond donors (Lipinski definition) is 1. The van der Waals surface area contributed by atoms with Crippen LogP contribution in [-0.4, -0.2) is 27.1 Å². The van der Waals surface area contributed by atoms with Crippen molar-refractivity contribution in [1.29, 1.82) is 0 Å². The van der Waals surface area contributed by atoms with E-state index in [0.717, 1.165) is 13.4 Å². The highest BCUT2D eigenvalue weighted by atomic mass is 127. The summed E-state index contributed by atoms with van der Waals surface area (Å²) in [7, 11) is -3.94. The highest BCUT2D eigenvalue weighted by molar-refractivity contribution is 14.1. The number of sulfonamides is 1. The minimum absolute atomic E-state index is 0.0487. The van der Waals surface area contributed by atoms with Crippen LogP contribution in [0, 0.1) is 3.57 Å². The van der Waals surface area contributed by atoms with Crippen LogP contribution in [-0.2, 0) is 20.2 Å². The van der Waals surface area contributed by atoms with E-state index in [4.69, 9.17) is 0 Å². The van der Waals surface area contributed by atoms with Gasteiger partial charge in [-0.05, 0) is 75.5 Å². The van der Waals surface area contributed by atoms with Crippen molar-refractivity contribution in [3.8, 4) is 0 Å². The second-order valence-electron chi connectivity index (χ2n) is 8.47. The molecule has 8 heteroatoms. The van der Waals surface area contributed by atoms with Gasteiger partial charge in [-0.3, -0.25) is 9.10 Å². The van der Waals surface area contributed by atoms with Gasteiger partial charge in [-0.2, -0.15) is 5.10 Å². The molecule has 33 heavy (non-hydrogen) atoms. The summed E-state index contributed by atoms with van der Waals surface area (Å²) in [5, 5.41) is 4.00. The molecule has 0 aliphatic rings. The third-order valence-corrected chi connectivity index (χ3v) is 7.42. The van der Waals surface area contributed by atoms with Crippen LogP contribution in [0.25, 0.3) is 0 Å². The Balaban J connectivity index is 1.76. The summed E-state index contributed by atoms with van der Waals surface area (Å²) in [6, 6.07) is 22.9. The molecule has 0 fully saturated rings. The average molecular weight is 575 g/mol. The van der Waals surface area contributed by atoms with Crippen molar-refractivity contribution in [2.45, 2.75) is 31.1 Å². The van der Waals surface area contributed by atoms with Crippen LogP contribution in [0.2, 0.25) is 0 Å². The molecule has 1 amide bonds. The first-order valence-corrected chi connectivity index (χ1v) is 12.8. The Labute approximate surface area is 208 Å². The van der Waals surface area contributed by atoms with Gasteiger partial charge >= 0.3 is 0 Å². The van der Waals surface area contributed by atoms with Crippen LogP contribution in [0.4, 0.5) is 5.69 Å². The summed E-state index contributed by atoms with van der Waals surface area (Å²) in [6.45, 7) is 6.01. The van der Waals surface area contributed by atoms with Crippen LogP contribution in [0.3, 0.4) is 0 Å². The summed E-state index contributed by atoms with van der Waals surface area (Å²) in [6.07, 6.45) is 1.53. The van der Waals surface area contributed by atoms with Crippen molar-refractivity contribution in [3.63, 3.8) is 0 Å². The number of benzene rings is 3. The molecule has 0 aliphatic carbocycles. The SMILES string of the molecule is CC(C)(C)c1ccc(/C=N\NC(=O)CN(c2ccc(I)cc2)S(=O)(=O)c2ccccc2)cc1. The number of halogens is 1. The van der Waals surface area contributed by atoms with E-state index in [2.05, 4.69) is 53.9 Å². The molecular weight excluding hydrogens is 549 g/mol. The maximum absolute atomic E-state index is 13.3. The standard InChI is InChI=1S/C25H26IN3O3S/c1-25(2,3)20-11-9-19(10-12-20)17-27-28-24(30)18-29(22-15-13-21(26)14-16-22)33(31,32)23-7-5-4-6-8-23/h4-17H,18H2,1-3H3,(H,28,30)/b27-17-. The fourth-order valence-corrected chi connectivity index (χ4v) is 4.86. The maximum atomic E-state index is 13.3. The molecule has 3 rings (SSSR count). The minimum Gasteiger partial charge on any atom is -0.271 e. The van der Waals surface area contributed by atoms with Crippen LogP contribution < -0.4 is 9.73 Å². The fourth-order valence-electron chi connectivity index (χ4n) is 3.06. The zero-order valence-corrected chi connectivity index (χ0v) is 21.7. The van der Waals surface area contributed by atoms with Crippen LogP contribution in [0.1, 0.15) is 31.9 Å². The molecule has 0 atom stereocenters. The van der Waals surface area contributed by atoms with E-state index in [1.165, 1.54) is 23.9 Å². The third kappa shape index (κ3) is 6.64. The van der Waals surface area contributed by atoms with Crippen molar-refractivity contribution in [1.82, 2.24) is 5.43 Å². The van der Waals surface area contributed by atoms with Gasteiger partial charge in [0.1, 0.15) is 6.54 Å². The van der Waals surface area contributed by atoms with Crippen LogP contribution >= 0.6 is 22.6 Å². The topological polar surface area (TPSA) is 78.8 Å². The molecule has 0 saturated carbocycles. The van der Waals surface area contributed by atoms with Crippen molar-refractivity contribution >= 4 is 50.4 Å². The third-order valence-electron chi connectivity index (χ3n) is 4.91. The highest BCUT2D eigenvalue weighted by Gasteiger charge is 2.27. The van der Waals surface area contributed by atoms with Crippen molar-refractivity contribution in [2.75, 3.05) is 10.8 Å². The van der Waals surface area contributed by atoms with E-state index in [9.17, 15) is 13.2 Å². The van der Waals surface area contributed by atoms with Gasteiger partial charge in [0.2, 0.25) is 0 Å². The van der Waals surface area contributed by atoms with E-state index >= 15 is 0 Å². The maximum Gasteiger partial charge on any atom is 0.264 e. The number of nitrogens with one attached hydrogen (secondary N) is 1. The Morgan fingerprint density at radius 2 is 1.58 bits per heavy atom. The second kappa shape index (κ2) is 10.5. The first kappa shape index (κ1) is 24.9. The van der Waals surface area contributed by atoms with E-state index < -0.39 is 22.5 Å². The Kier molecular flexibility index (Phi) is 7.91. The lowest BCUT2D eigenvalue weighted by molar-refractivity contribution is -0.119. The molecule has 0 spiro atoms. The fraction of sp³-hybridized carbons (Fsp3) is 0.200. The predicted octanol–water partition coefficient (Wildman–Crippen LogP) is 4.93. The number of hydrazone groups is 1. The first-order chi connectivity index (χ1) is 15.6. The molecule has 3 aromatic rings. The number of rotatable bonds is 7. The van der Waals surface area contributed by atoms with Crippen molar-refractivity contribution in [2.24, 2.45) is 5.10 Å². The van der Waals surface area contributed by atoms with E-state index in [1.54, 1.807) is 42.5 Å². The van der Waals surface area contributed by atoms with E-state index in [1.807, 2.05) is 24.3 Å². The van der Waals surface area contributed by atoms with Gasteiger partial charge in [-0.25, -0.2) is 13.8 Å². The number of amides is 1. The lowest BCUT2D eigenvalue weighted by Gasteiger charge is -2.23. The van der Waals surface area contributed by atoms with Gasteiger partial charge in [0.15, 0.2) is 0 Å². The van der Waals surface area contributed by atoms with Gasteiger partial charge in [0, 0.05) is 3.57 Å². The quantitative estimate of drug-likeness (QED) is 0.247. The number of anilines is 1. The van der Waals surface area contributed by atoms with E-state index in [0.29, 0.717) is 5.69 Å². The summed E-state index contributed by atoms with van der Waals surface area (Å²) in [5.74, 6) is -0.546. The molecular formula is C25H26IN3O3S. The van der Waals surface area contributed by atoms with Crippen LogP contribution in [0.5, 0.6) is 0 Å². The molecule has 3 aromatic carbocycles. The van der Waals surface area contributed by atoms with E-state index in [-0.39, 0.29) is 10.3 Å². The molecule has 0 heterocycles. The highest BCUT2D eigenvalue weighted by Crippen LogP contribution is 2.24. The molecule has 0 aliphatic heterocycles. The molecule has 0 bridgehead atoms. The van der Waals surface area contributed by atoms with Gasteiger partial charge in [0.05, 0.1) is 16.8 Å². The Hall–Kier alpha value is -2.72. The largest absolute Gasteiger partial charge is 0.271 e. The first-order valence-electron chi connectivity index (χ1n) is 10.3. The smallest absolute Gasteiger partial charge is 0.264 e. The predicted molar refractivity (Wildman–Crippen MR) is 141 cm³/mol. The average Bonchev–Trinajstić information content (AvgIpc) is 2.78. The minimum atomic E-state index is -3.94. The summed E-state index contributed by atoms with van der Waals surface area (Å²) >= 11 is 2.14. The zero-order valence-electron chi connectivity index (χ0n) is 18.7. The number of nitrogens with zero attached hydrogens (tertiary/aromatic N) is 2. The molecule has 172 valence electrons. The van der Waals surface area contributed by atoms with Crippen molar-refractivity contribution < 1.29 is 13.2 Å². The molecule has 1 N–H and O–H groups in total. The zero-order chi connectivity index (χ0) is 24.1. The Morgan fingerprint density at radius 3 is 2.15 bits per heavy atom. The second-order valence-corrected chi connectivity index (χ2v) is 11.6. The molecule has 6 nitrogen and oxygen atoms in total. The Bertz CT molecular complexity index is 1220. The molecule has 0 radical (unpaired) electrons. The molecule has 0 aromatic heterocycles. The summed E-state index contributed by atoms with van der Waals surface area (Å²) in [5.41, 5.74) is 4.91. The van der Waals surface area contributed by atoms with Gasteiger partial charge in [-0.1, -0.05) is 63.2 Å². The van der Waals surface area contributed by atoms with Gasteiger partial charge < -0.3 is 0 Å². The summed E-state index contributed by atoms with van der Waals surface area (Å²) in [4.78, 5) is 12.7. The van der Waals surface area contributed by atoms with Gasteiger partial charge in [0.25, 0.3) is 15.9 Å². The lowest BCUT2D eigenvalue weighted by atomic mass is 9.87. The monoisotopic (exact) mass is 575 g/mol. The number of carbonyl (C=O) groups is 1. The summed E-state index contributed by atoms with van der Waals surface area (Å²) < 4.78 is 28.6. The van der Waals surface area contributed by atoms with Crippen molar-refractivity contribution in [3.05, 3.63) is 93.6 Å². The number of carbonyl (C=O) groups excluding carboxylic acids is 1. The lowest BCUT2D eigenvalue weighted by Crippen LogP contribution is -2.39. The Morgan fingerprint density at radius 1 is 0.970 bits per heavy atom.